The molecule has 1 N–H and O–H groups in total. The Labute approximate surface area is 93.1 Å². The Bertz CT molecular complexity index is 205. The summed E-state index contributed by atoms with van der Waals surface area (Å²) in [6.45, 7) is 3.17. The molecule has 0 aromatic heterocycles. The Morgan fingerprint density at radius 1 is 1.25 bits per heavy atom. The van der Waals surface area contributed by atoms with E-state index < -0.39 is 5.97 Å². The van der Waals surface area contributed by atoms with Gasteiger partial charge in [0.15, 0.2) is 0 Å². The zero-order chi connectivity index (χ0) is 8.69. The second-order valence-corrected chi connectivity index (χ2v) is 2.17. The van der Waals surface area contributed by atoms with Crippen molar-refractivity contribution in [3.63, 3.8) is 0 Å². The first-order valence-electron chi connectivity index (χ1n) is 3.34. The van der Waals surface area contributed by atoms with Gasteiger partial charge in [0.25, 0.3) is 5.97 Å². The quantitative estimate of drug-likeness (QED) is 0.726. The van der Waals surface area contributed by atoms with Gasteiger partial charge in [-0.2, -0.15) is 0 Å². The summed E-state index contributed by atoms with van der Waals surface area (Å²) >= 11 is 0. The number of benzene rings is 1. The first-order valence-corrected chi connectivity index (χ1v) is 3.34. The van der Waals surface area contributed by atoms with E-state index in [1.165, 1.54) is 5.56 Å². The van der Waals surface area contributed by atoms with E-state index in [1.807, 2.05) is 18.2 Å². The molecule has 0 saturated carbocycles. The van der Waals surface area contributed by atoms with Gasteiger partial charge >= 0.3 is 0 Å². The summed E-state index contributed by atoms with van der Waals surface area (Å²) in [5.41, 5.74) is 1.32. The van der Waals surface area contributed by atoms with E-state index in [0.717, 1.165) is 6.92 Å². The van der Waals surface area contributed by atoms with Crippen molar-refractivity contribution in [1.82, 2.24) is 0 Å². The Morgan fingerprint density at radius 2 is 1.58 bits per heavy atom. The maximum atomic E-state index is 9.00. The molecular formula is C9H12HgO2. The summed E-state index contributed by atoms with van der Waals surface area (Å²) in [4.78, 5) is 9.00. The van der Waals surface area contributed by atoms with Crippen LogP contribution >= 0.6 is 0 Å². The second-order valence-electron chi connectivity index (χ2n) is 2.17. The van der Waals surface area contributed by atoms with E-state index in [0.29, 0.717) is 0 Å². The summed E-state index contributed by atoms with van der Waals surface area (Å²) in [6, 6.07) is 10.3. The van der Waals surface area contributed by atoms with E-state index in [-0.39, 0.29) is 27.7 Å². The van der Waals surface area contributed by atoms with Crippen LogP contribution in [0.15, 0.2) is 30.3 Å². The first-order chi connectivity index (χ1) is 5.13. The van der Waals surface area contributed by atoms with Gasteiger partial charge in [0, 0.05) is 34.6 Å². The van der Waals surface area contributed by atoms with Gasteiger partial charge in [-0.15, -0.1) is 0 Å². The van der Waals surface area contributed by atoms with Crippen molar-refractivity contribution in [3.8, 4) is 0 Å². The van der Waals surface area contributed by atoms with E-state index in [4.69, 9.17) is 9.90 Å². The van der Waals surface area contributed by atoms with Crippen LogP contribution in [-0.2, 0) is 32.5 Å². The van der Waals surface area contributed by atoms with E-state index in [1.54, 1.807) is 0 Å². The van der Waals surface area contributed by atoms with Crippen LogP contribution in [0.5, 0.6) is 0 Å². The van der Waals surface area contributed by atoms with Crippen LogP contribution in [0, 0.1) is 6.92 Å². The number of rotatable bonds is 0. The van der Waals surface area contributed by atoms with Crippen molar-refractivity contribution >= 4 is 5.97 Å². The van der Waals surface area contributed by atoms with Crippen LogP contribution in [0.25, 0.3) is 0 Å². The van der Waals surface area contributed by atoms with Crippen molar-refractivity contribution in [2.24, 2.45) is 0 Å². The minimum atomic E-state index is -0.833. The molecule has 1 aromatic carbocycles. The fourth-order valence-corrected chi connectivity index (χ4v) is 0.534. The maximum Gasteiger partial charge on any atom is 0.300 e. The Hall–Kier alpha value is -0.375. The summed E-state index contributed by atoms with van der Waals surface area (Å²) < 4.78 is 0. The van der Waals surface area contributed by atoms with Crippen molar-refractivity contribution in [2.75, 3.05) is 0 Å². The standard InChI is InChI=1S/C7H8.C2H4O2.Hg/c1-7-5-3-2-4-6-7;1-2(3)4;/h2-6H,1H3;1H3,(H,3,4);. The number of hydrogen-bond donors (Lipinski definition) is 1. The van der Waals surface area contributed by atoms with Crippen molar-refractivity contribution < 1.29 is 37.6 Å². The number of carboxylic acid groups (broad SMARTS) is 1. The molecule has 0 aliphatic rings. The summed E-state index contributed by atoms with van der Waals surface area (Å²) in [6.07, 6.45) is 0. The summed E-state index contributed by atoms with van der Waals surface area (Å²) in [7, 11) is 0. The van der Waals surface area contributed by atoms with Crippen LogP contribution in [0.2, 0.25) is 0 Å². The number of aliphatic carboxylic acids is 1. The Morgan fingerprint density at radius 3 is 1.75 bits per heavy atom. The normalized spacial score (nSPS) is 7.17. The Kier molecular flexibility index (Phi) is 10.3. The van der Waals surface area contributed by atoms with Gasteiger partial charge in [-0.3, -0.25) is 4.79 Å². The van der Waals surface area contributed by atoms with Gasteiger partial charge < -0.3 is 5.11 Å². The molecule has 0 unspecified atom stereocenters. The van der Waals surface area contributed by atoms with E-state index in [2.05, 4.69) is 19.1 Å². The number of aryl methyl sites for hydroxylation is 1. The van der Waals surface area contributed by atoms with E-state index >= 15 is 0 Å². The average molecular weight is 353 g/mol. The molecule has 1 aromatic rings. The van der Waals surface area contributed by atoms with Crippen molar-refractivity contribution in [1.29, 1.82) is 0 Å². The van der Waals surface area contributed by atoms with Gasteiger partial charge in [0.1, 0.15) is 0 Å². The summed E-state index contributed by atoms with van der Waals surface area (Å²) in [5, 5.41) is 7.42. The average Bonchev–Trinajstić information content (AvgIpc) is 1.87. The molecule has 62 valence electrons. The second kappa shape index (κ2) is 8.72. The molecule has 3 heteroatoms. The zero-order valence-electron chi connectivity index (χ0n) is 7.45. The molecule has 0 bridgehead atoms. The third-order valence-corrected chi connectivity index (χ3v) is 0.940. The number of carboxylic acids is 1. The molecule has 0 fully saturated rings. The van der Waals surface area contributed by atoms with Crippen molar-refractivity contribution in [2.45, 2.75) is 13.8 Å². The van der Waals surface area contributed by atoms with Crippen LogP contribution in [-0.4, -0.2) is 11.1 Å². The maximum absolute atomic E-state index is 9.00. The fraction of sp³-hybridized carbons (Fsp3) is 0.222. The molecule has 0 radical (unpaired) electrons. The van der Waals surface area contributed by atoms with Crippen molar-refractivity contribution in [3.05, 3.63) is 35.9 Å². The van der Waals surface area contributed by atoms with Gasteiger partial charge in [0.05, 0.1) is 0 Å². The molecule has 0 heterocycles. The molecule has 2 nitrogen and oxygen atoms in total. The fourth-order valence-electron chi connectivity index (χ4n) is 0.534. The third-order valence-electron chi connectivity index (χ3n) is 0.940. The molecule has 0 spiro atoms. The minimum absolute atomic E-state index is 0. The van der Waals surface area contributed by atoms with E-state index in [9.17, 15) is 0 Å². The molecule has 0 atom stereocenters. The zero-order valence-corrected chi connectivity index (χ0v) is 12.9. The van der Waals surface area contributed by atoms with Crippen LogP contribution < -0.4 is 0 Å². The van der Waals surface area contributed by atoms with Crippen LogP contribution in [0.1, 0.15) is 12.5 Å². The third kappa shape index (κ3) is 12.3. The van der Waals surface area contributed by atoms with Gasteiger partial charge in [0.2, 0.25) is 0 Å². The monoisotopic (exact) mass is 354 g/mol. The predicted molar refractivity (Wildman–Crippen MR) is 44.5 cm³/mol. The number of carbonyl (C=O) groups is 1. The Balaban J connectivity index is 0. The molecule has 1 rings (SSSR count). The molecule has 0 amide bonds. The molecular weight excluding hydrogens is 341 g/mol. The summed E-state index contributed by atoms with van der Waals surface area (Å²) in [5.74, 6) is -0.833. The van der Waals surface area contributed by atoms with Gasteiger partial charge in [-0.25, -0.2) is 0 Å². The largest absolute Gasteiger partial charge is 0.481 e. The molecule has 0 saturated heterocycles. The molecule has 0 aliphatic carbocycles. The predicted octanol–water partition coefficient (Wildman–Crippen LogP) is 2.08. The van der Waals surface area contributed by atoms with Gasteiger partial charge in [-0.05, 0) is 6.92 Å². The van der Waals surface area contributed by atoms with Gasteiger partial charge in [-0.1, -0.05) is 35.9 Å². The smallest absolute Gasteiger partial charge is 0.300 e. The topological polar surface area (TPSA) is 37.3 Å². The molecule has 0 aliphatic heterocycles. The minimum Gasteiger partial charge on any atom is -0.481 e. The molecule has 12 heavy (non-hydrogen) atoms. The van der Waals surface area contributed by atoms with Crippen LogP contribution in [0.3, 0.4) is 0 Å². The van der Waals surface area contributed by atoms with Crippen LogP contribution in [0.4, 0.5) is 0 Å². The SMILES string of the molecule is CC(=O)O.Cc1ccccc1.[Hg]. The number of hydrogen-bond acceptors (Lipinski definition) is 1. The first kappa shape index (κ1) is 14.2.